The van der Waals surface area contributed by atoms with Gasteiger partial charge in [0, 0.05) is 11.8 Å². The molecule has 0 saturated heterocycles. The highest BCUT2D eigenvalue weighted by Gasteiger charge is 2.13. The van der Waals surface area contributed by atoms with Crippen LogP contribution in [0.3, 0.4) is 0 Å². The van der Waals surface area contributed by atoms with E-state index in [9.17, 15) is 4.79 Å². The van der Waals surface area contributed by atoms with Crippen LogP contribution in [0.2, 0.25) is 0 Å². The van der Waals surface area contributed by atoms with Crippen molar-refractivity contribution in [3.05, 3.63) is 47.3 Å². The topological polar surface area (TPSA) is 67.0 Å². The molecule has 1 aliphatic carbocycles. The van der Waals surface area contributed by atoms with Gasteiger partial charge in [-0.25, -0.2) is 0 Å². The van der Waals surface area contributed by atoms with Crippen LogP contribution in [0.1, 0.15) is 36.1 Å². The lowest BCUT2D eigenvalue weighted by atomic mass is 10.1. The molecule has 110 valence electrons. The Morgan fingerprint density at radius 2 is 2.29 bits per heavy atom. The van der Waals surface area contributed by atoms with Crippen LogP contribution in [0.4, 0.5) is 0 Å². The third kappa shape index (κ3) is 3.24. The number of hydrogen-bond acceptors (Lipinski definition) is 3. The molecule has 1 amide bonds. The molecule has 5 heteroatoms. The first-order valence-corrected chi connectivity index (χ1v) is 7.25. The van der Waals surface area contributed by atoms with Crippen molar-refractivity contribution in [1.82, 2.24) is 15.5 Å². The number of ether oxygens (including phenoxy) is 1. The number of H-pyrrole nitrogens is 1. The summed E-state index contributed by atoms with van der Waals surface area (Å²) in [5.41, 5.74) is 3.70. The van der Waals surface area contributed by atoms with Gasteiger partial charge in [0.2, 0.25) is 0 Å². The van der Waals surface area contributed by atoms with Gasteiger partial charge in [0.25, 0.3) is 5.91 Å². The van der Waals surface area contributed by atoms with E-state index in [0.717, 1.165) is 24.2 Å². The molecule has 1 unspecified atom stereocenters. The maximum atomic E-state index is 11.9. The molecule has 0 aliphatic heterocycles. The number of rotatable bonds is 5. The zero-order valence-electron chi connectivity index (χ0n) is 12.1. The molecule has 2 N–H and O–H groups in total. The van der Waals surface area contributed by atoms with Crippen LogP contribution in [0.15, 0.2) is 30.6 Å². The highest BCUT2D eigenvalue weighted by Crippen LogP contribution is 2.25. The molecule has 1 aromatic carbocycles. The fraction of sp³-hybridized carbons (Fsp3) is 0.375. The molecular weight excluding hydrogens is 266 g/mol. The van der Waals surface area contributed by atoms with Crippen LogP contribution in [0, 0.1) is 0 Å². The predicted molar refractivity (Wildman–Crippen MR) is 79.1 cm³/mol. The highest BCUT2D eigenvalue weighted by atomic mass is 16.5. The summed E-state index contributed by atoms with van der Waals surface area (Å²) in [5, 5.41) is 9.48. The standard InChI is InChI=1S/C16H19N3O2/c1-11(14-8-17-18-9-14)19-16(20)10-21-15-6-5-12-3-2-4-13(12)7-15/h5-9,11H,2-4,10H2,1H3,(H,17,18)(H,19,20). The minimum atomic E-state index is -0.135. The van der Waals surface area contributed by atoms with Gasteiger partial charge < -0.3 is 10.1 Å². The zero-order valence-corrected chi connectivity index (χ0v) is 12.1. The Hall–Kier alpha value is -2.30. The largest absolute Gasteiger partial charge is 0.484 e. The van der Waals surface area contributed by atoms with Crippen LogP contribution in [0.25, 0.3) is 0 Å². The average Bonchev–Trinajstić information content (AvgIpc) is 3.15. The second kappa shape index (κ2) is 5.99. The van der Waals surface area contributed by atoms with E-state index in [2.05, 4.69) is 27.6 Å². The normalized spacial score (nSPS) is 14.5. The zero-order chi connectivity index (χ0) is 14.7. The Labute approximate surface area is 123 Å². The first kappa shape index (κ1) is 13.7. The van der Waals surface area contributed by atoms with E-state index in [1.807, 2.05) is 13.0 Å². The monoisotopic (exact) mass is 285 g/mol. The summed E-state index contributed by atoms with van der Waals surface area (Å²) in [7, 11) is 0. The summed E-state index contributed by atoms with van der Waals surface area (Å²) in [6, 6.07) is 6.01. The van der Waals surface area contributed by atoms with E-state index in [1.54, 1.807) is 12.4 Å². The molecule has 0 spiro atoms. The molecule has 1 aromatic heterocycles. The maximum Gasteiger partial charge on any atom is 0.258 e. The molecule has 1 heterocycles. The number of benzene rings is 1. The first-order chi connectivity index (χ1) is 10.2. The molecule has 0 radical (unpaired) electrons. The van der Waals surface area contributed by atoms with Crippen molar-refractivity contribution in [2.24, 2.45) is 0 Å². The number of carbonyl (C=O) groups excluding carboxylic acids is 1. The van der Waals surface area contributed by atoms with Crippen LogP contribution < -0.4 is 10.1 Å². The van der Waals surface area contributed by atoms with Gasteiger partial charge in [0.05, 0.1) is 12.2 Å². The number of nitrogens with zero attached hydrogens (tertiary/aromatic N) is 1. The summed E-state index contributed by atoms with van der Waals surface area (Å²) in [6.45, 7) is 1.94. The maximum absolute atomic E-state index is 11.9. The Balaban J connectivity index is 1.52. The van der Waals surface area contributed by atoms with Gasteiger partial charge in [0.1, 0.15) is 5.75 Å². The Morgan fingerprint density at radius 1 is 1.43 bits per heavy atom. The summed E-state index contributed by atoms with van der Waals surface area (Å²) in [4.78, 5) is 11.9. The van der Waals surface area contributed by atoms with Gasteiger partial charge in [-0.2, -0.15) is 5.10 Å². The van der Waals surface area contributed by atoms with E-state index in [4.69, 9.17) is 4.74 Å². The van der Waals surface area contributed by atoms with Crippen LogP contribution >= 0.6 is 0 Å². The Morgan fingerprint density at radius 3 is 3.10 bits per heavy atom. The highest BCUT2D eigenvalue weighted by molar-refractivity contribution is 5.78. The van der Waals surface area contributed by atoms with E-state index in [0.29, 0.717) is 0 Å². The number of aromatic nitrogens is 2. The van der Waals surface area contributed by atoms with Crippen LogP contribution in [0.5, 0.6) is 5.75 Å². The number of aromatic amines is 1. The Bertz CT molecular complexity index is 622. The lowest BCUT2D eigenvalue weighted by Crippen LogP contribution is -2.31. The molecular formula is C16H19N3O2. The molecule has 0 bridgehead atoms. The predicted octanol–water partition coefficient (Wildman–Crippen LogP) is 2.15. The van der Waals surface area contributed by atoms with Crippen molar-refractivity contribution >= 4 is 5.91 Å². The fourth-order valence-corrected chi connectivity index (χ4v) is 2.65. The summed E-state index contributed by atoms with van der Waals surface area (Å²) < 4.78 is 5.58. The van der Waals surface area contributed by atoms with Gasteiger partial charge in [-0.3, -0.25) is 9.89 Å². The first-order valence-electron chi connectivity index (χ1n) is 7.25. The number of nitrogens with one attached hydrogen (secondary N) is 2. The molecule has 5 nitrogen and oxygen atoms in total. The summed E-state index contributed by atoms with van der Waals surface area (Å²) in [6.07, 6.45) is 6.94. The fourth-order valence-electron chi connectivity index (χ4n) is 2.65. The molecule has 0 fully saturated rings. The number of amides is 1. The van der Waals surface area contributed by atoms with Gasteiger partial charge in [-0.15, -0.1) is 0 Å². The lowest BCUT2D eigenvalue weighted by molar-refractivity contribution is -0.123. The van der Waals surface area contributed by atoms with Crippen molar-refractivity contribution in [1.29, 1.82) is 0 Å². The van der Waals surface area contributed by atoms with Crippen LogP contribution in [-0.4, -0.2) is 22.7 Å². The van der Waals surface area contributed by atoms with E-state index < -0.39 is 0 Å². The number of carbonyl (C=O) groups is 1. The molecule has 1 aliphatic rings. The van der Waals surface area contributed by atoms with Crippen molar-refractivity contribution in [2.75, 3.05) is 6.61 Å². The van der Waals surface area contributed by atoms with Crippen molar-refractivity contribution in [2.45, 2.75) is 32.2 Å². The van der Waals surface area contributed by atoms with Gasteiger partial charge in [-0.1, -0.05) is 6.07 Å². The van der Waals surface area contributed by atoms with E-state index in [1.165, 1.54) is 17.5 Å². The van der Waals surface area contributed by atoms with Crippen LogP contribution in [-0.2, 0) is 17.6 Å². The van der Waals surface area contributed by atoms with Crippen molar-refractivity contribution < 1.29 is 9.53 Å². The quantitative estimate of drug-likeness (QED) is 0.884. The van der Waals surface area contributed by atoms with Crippen molar-refractivity contribution in [3.63, 3.8) is 0 Å². The Kier molecular flexibility index (Phi) is 3.90. The minimum absolute atomic E-state index is 0.0287. The number of fused-ring (bicyclic) bond motifs is 1. The molecule has 2 aromatic rings. The molecule has 3 rings (SSSR count). The molecule has 0 saturated carbocycles. The lowest BCUT2D eigenvalue weighted by Gasteiger charge is -2.13. The smallest absolute Gasteiger partial charge is 0.258 e. The average molecular weight is 285 g/mol. The van der Waals surface area contributed by atoms with Gasteiger partial charge >= 0.3 is 0 Å². The number of aryl methyl sites for hydroxylation is 2. The van der Waals surface area contributed by atoms with Crippen molar-refractivity contribution in [3.8, 4) is 5.75 Å². The summed E-state index contributed by atoms with van der Waals surface area (Å²) in [5.74, 6) is 0.631. The number of hydrogen-bond donors (Lipinski definition) is 2. The van der Waals surface area contributed by atoms with Gasteiger partial charge in [0.15, 0.2) is 6.61 Å². The van der Waals surface area contributed by atoms with Gasteiger partial charge in [-0.05, 0) is 49.4 Å². The summed E-state index contributed by atoms with van der Waals surface area (Å²) >= 11 is 0. The third-order valence-electron chi connectivity index (χ3n) is 3.84. The van der Waals surface area contributed by atoms with E-state index >= 15 is 0 Å². The van der Waals surface area contributed by atoms with E-state index in [-0.39, 0.29) is 18.6 Å². The second-order valence-corrected chi connectivity index (χ2v) is 5.39. The third-order valence-corrected chi connectivity index (χ3v) is 3.84. The second-order valence-electron chi connectivity index (χ2n) is 5.39. The molecule has 1 atom stereocenters. The SMILES string of the molecule is CC(NC(=O)COc1ccc2c(c1)CCC2)c1cn[nH]c1. The minimum Gasteiger partial charge on any atom is -0.484 e. The molecule has 21 heavy (non-hydrogen) atoms.